The molecule has 10 nitrogen and oxygen atoms in total. The number of aliphatic hydroxyl groups is 1. The third kappa shape index (κ3) is 4.77. The number of rotatable bonds is 7. The van der Waals surface area contributed by atoms with Gasteiger partial charge in [0.25, 0.3) is 11.8 Å². The number of fused-ring (bicyclic) bond motifs is 2. The summed E-state index contributed by atoms with van der Waals surface area (Å²) < 4.78 is 15.9. The van der Waals surface area contributed by atoms with E-state index in [-0.39, 0.29) is 18.0 Å². The van der Waals surface area contributed by atoms with E-state index in [4.69, 9.17) is 5.26 Å². The first kappa shape index (κ1) is 24.9. The molecule has 4 aromatic rings. The number of hydrogen-bond acceptors (Lipinski definition) is 7. The second kappa shape index (κ2) is 9.57. The summed E-state index contributed by atoms with van der Waals surface area (Å²) in [5.41, 5.74) is 3.25. The topological polar surface area (TPSA) is 144 Å². The Balaban J connectivity index is 1.52. The second-order valence-electron chi connectivity index (χ2n) is 9.54. The summed E-state index contributed by atoms with van der Waals surface area (Å²) in [7, 11) is 0. The normalized spacial score (nSPS) is 13.5. The number of anilines is 2. The van der Waals surface area contributed by atoms with E-state index in [0.29, 0.717) is 46.0 Å². The minimum Gasteiger partial charge on any atom is -0.387 e. The molecule has 11 heteroatoms. The van der Waals surface area contributed by atoms with Crippen molar-refractivity contribution in [3.63, 3.8) is 0 Å². The van der Waals surface area contributed by atoms with E-state index >= 15 is 0 Å². The van der Waals surface area contributed by atoms with Crippen LogP contribution in [0.4, 0.5) is 15.8 Å². The Morgan fingerprint density at radius 3 is 2.84 bits per heavy atom. The average molecular weight is 514 g/mol. The highest BCUT2D eigenvalue weighted by Crippen LogP contribution is 2.29. The van der Waals surface area contributed by atoms with Gasteiger partial charge in [-0.15, -0.1) is 0 Å². The molecule has 3 aromatic heterocycles. The number of pyridine rings is 1. The van der Waals surface area contributed by atoms with E-state index in [2.05, 4.69) is 32.1 Å². The molecule has 5 rings (SSSR count). The molecule has 0 spiro atoms. The van der Waals surface area contributed by atoms with Crippen molar-refractivity contribution in [3.05, 3.63) is 77.1 Å². The van der Waals surface area contributed by atoms with Crippen LogP contribution in [0.3, 0.4) is 0 Å². The third-order valence-corrected chi connectivity index (χ3v) is 6.32. The largest absolute Gasteiger partial charge is 0.387 e. The van der Waals surface area contributed by atoms with Gasteiger partial charge in [0.2, 0.25) is 0 Å². The predicted octanol–water partition coefficient (Wildman–Crippen LogP) is 3.09. The number of nitrogens with one attached hydrogen (secondary N) is 3. The molecule has 0 fully saturated rings. The second-order valence-corrected chi connectivity index (χ2v) is 9.54. The molecule has 1 aliphatic rings. The van der Waals surface area contributed by atoms with Gasteiger partial charge >= 0.3 is 0 Å². The van der Waals surface area contributed by atoms with Gasteiger partial charge in [-0.3, -0.25) is 14.6 Å². The Labute approximate surface area is 217 Å². The number of nitrogens with zero attached hydrogens (tertiary/aromatic N) is 4. The quantitative estimate of drug-likeness (QED) is 0.297. The SMILES string of the molecule is CC(C)(O)C(F)CNC(=O)c1cnc(-c2ccc3cc(C#N)cnn23)cc1Nc1ccc2c(c1)CNC2=O. The first-order chi connectivity index (χ1) is 18.1. The van der Waals surface area contributed by atoms with Gasteiger partial charge in [-0.05, 0) is 61.9 Å². The van der Waals surface area contributed by atoms with Crippen LogP contribution in [0.25, 0.3) is 16.9 Å². The predicted molar refractivity (Wildman–Crippen MR) is 138 cm³/mol. The number of benzene rings is 1. The summed E-state index contributed by atoms with van der Waals surface area (Å²) in [6, 6.07) is 14.3. The lowest BCUT2D eigenvalue weighted by molar-refractivity contribution is -0.00177. The van der Waals surface area contributed by atoms with Crippen LogP contribution in [-0.2, 0) is 6.54 Å². The van der Waals surface area contributed by atoms with Crippen LogP contribution in [0.1, 0.15) is 45.7 Å². The average Bonchev–Trinajstić information content (AvgIpc) is 3.49. The van der Waals surface area contributed by atoms with Crippen molar-refractivity contribution >= 4 is 28.7 Å². The van der Waals surface area contributed by atoms with Crippen molar-refractivity contribution in [2.24, 2.45) is 0 Å². The van der Waals surface area contributed by atoms with E-state index in [1.807, 2.05) is 6.07 Å². The zero-order valence-electron chi connectivity index (χ0n) is 20.6. The van der Waals surface area contributed by atoms with Crippen LogP contribution < -0.4 is 16.0 Å². The summed E-state index contributed by atoms with van der Waals surface area (Å²) in [5, 5.41) is 31.9. The molecule has 0 saturated heterocycles. The van der Waals surface area contributed by atoms with Crippen molar-refractivity contribution in [1.29, 1.82) is 5.26 Å². The Morgan fingerprint density at radius 2 is 2.08 bits per heavy atom. The summed E-state index contributed by atoms with van der Waals surface area (Å²) in [5.74, 6) is -0.717. The zero-order valence-corrected chi connectivity index (χ0v) is 20.6. The van der Waals surface area contributed by atoms with E-state index in [0.717, 1.165) is 5.56 Å². The molecule has 4 N–H and O–H groups in total. The molecule has 0 bridgehead atoms. The van der Waals surface area contributed by atoms with Crippen molar-refractivity contribution in [3.8, 4) is 17.5 Å². The van der Waals surface area contributed by atoms with Gasteiger partial charge < -0.3 is 21.1 Å². The Kier molecular flexibility index (Phi) is 6.26. The van der Waals surface area contributed by atoms with Crippen LogP contribution in [-0.4, -0.2) is 49.8 Å². The van der Waals surface area contributed by atoms with Crippen LogP contribution >= 0.6 is 0 Å². The van der Waals surface area contributed by atoms with E-state index in [1.165, 1.54) is 26.2 Å². The molecule has 0 aliphatic carbocycles. The lowest BCUT2D eigenvalue weighted by Crippen LogP contribution is -2.42. The number of alkyl halides is 1. The maximum absolute atomic E-state index is 14.3. The van der Waals surface area contributed by atoms with Gasteiger partial charge in [0.15, 0.2) is 0 Å². The number of carbonyl (C=O) groups is 2. The maximum Gasteiger partial charge on any atom is 0.255 e. The lowest BCUT2D eigenvalue weighted by atomic mass is 10.0. The molecule has 1 aromatic carbocycles. The van der Waals surface area contributed by atoms with Crippen molar-refractivity contribution < 1.29 is 19.1 Å². The molecular weight excluding hydrogens is 489 g/mol. The highest BCUT2D eigenvalue weighted by molar-refractivity contribution is 6.01. The Morgan fingerprint density at radius 1 is 1.26 bits per heavy atom. The smallest absolute Gasteiger partial charge is 0.255 e. The van der Waals surface area contributed by atoms with E-state index in [9.17, 15) is 19.1 Å². The van der Waals surface area contributed by atoms with Crippen LogP contribution in [0.5, 0.6) is 0 Å². The van der Waals surface area contributed by atoms with Gasteiger partial charge in [-0.2, -0.15) is 10.4 Å². The highest BCUT2D eigenvalue weighted by Gasteiger charge is 2.27. The lowest BCUT2D eigenvalue weighted by Gasteiger charge is -2.22. The van der Waals surface area contributed by atoms with E-state index < -0.39 is 17.7 Å². The number of amides is 2. The standard InChI is InChI=1S/C27H24FN7O3/c1-27(2,38)24(28)14-32-26(37)20-13-30-22(23-6-4-18-7-15(10-29)11-33-35(18)23)9-21(20)34-17-3-5-19-16(8-17)12-31-25(19)36/h3-9,11,13,24,38H,12,14H2,1-2H3,(H,30,34)(H,31,36)(H,32,37). The molecule has 38 heavy (non-hydrogen) atoms. The molecule has 192 valence electrons. The van der Waals surface area contributed by atoms with Gasteiger partial charge in [-0.25, -0.2) is 8.91 Å². The fraction of sp³-hybridized carbons (Fsp3) is 0.222. The molecule has 0 saturated carbocycles. The van der Waals surface area contributed by atoms with Crippen LogP contribution in [0.2, 0.25) is 0 Å². The number of halogens is 1. The molecule has 1 unspecified atom stereocenters. The molecular formula is C27H24FN7O3. The van der Waals surface area contributed by atoms with Crippen molar-refractivity contribution in [2.45, 2.75) is 32.2 Å². The van der Waals surface area contributed by atoms with Gasteiger partial charge in [-0.1, -0.05) is 0 Å². The molecule has 1 atom stereocenters. The first-order valence-corrected chi connectivity index (χ1v) is 11.8. The number of aromatic nitrogens is 3. The van der Waals surface area contributed by atoms with Crippen LogP contribution in [0, 0.1) is 11.3 Å². The number of hydrogen-bond donors (Lipinski definition) is 4. The van der Waals surface area contributed by atoms with Crippen molar-refractivity contribution in [1.82, 2.24) is 25.2 Å². The summed E-state index contributed by atoms with van der Waals surface area (Å²) in [6.07, 6.45) is 1.16. The zero-order chi connectivity index (χ0) is 27.0. The van der Waals surface area contributed by atoms with Gasteiger partial charge in [0, 0.05) is 24.0 Å². The molecule has 0 radical (unpaired) electrons. The summed E-state index contributed by atoms with van der Waals surface area (Å²) >= 11 is 0. The fourth-order valence-electron chi connectivity index (χ4n) is 4.13. The molecule has 4 heterocycles. The van der Waals surface area contributed by atoms with Gasteiger partial charge in [0.05, 0.1) is 52.1 Å². The van der Waals surface area contributed by atoms with Gasteiger partial charge in [0.1, 0.15) is 12.2 Å². The number of nitriles is 1. The molecule has 1 aliphatic heterocycles. The maximum atomic E-state index is 14.3. The monoisotopic (exact) mass is 513 g/mol. The van der Waals surface area contributed by atoms with Crippen LogP contribution in [0.15, 0.2) is 54.9 Å². The third-order valence-electron chi connectivity index (χ3n) is 6.32. The minimum atomic E-state index is -1.67. The van der Waals surface area contributed by atoms with E-state index in [1.54, 1.807) is 40.9 Å². The molecule has 2 amide bonds. The summed E-state index contributed by atoms with van der Waals surface area (Å²) in [4.78, 5) is 29.4. The fourth-order valence-corrected chi connectivity index (χ4v) is 4.13. The minimum absolute atomic E-state index is 0.141. The highest BCUT2D eigenvalue weighted by atomic mass is 19.1. The van der Waals surface area contributed by atoms with Crippen molar-refractivity contribution in [2.75, 3.05) is 11.9 Å². The Hall–Kier alpha value is -4.82. The Bertz CT molecular complexity index is 1620. The number of carbonyl (C=O) groups excluding carboxylic acids is 2. The first-order valence-electron chi connectivity index (χ1n) is 11.8. The summed E-state index contributed by atoms with van der Waals surface area (Å²) in [6.45, 7) is 2.68.